The molecule has 1 aromatic carbocycles. The predicted octanol–water partition coefficient (Wildman–Crippen LogP) is 4.65. The number of nitrogens with zero attached hydrogens (tertiary/aromatic N) is 2. The summed E-state index contributed by atoms with van der Waals surface area (Å²) in [5.74, 6) is 0. The Balaban J connectivity index is 1.56. The number of aromatic amines is 1. The minimum atomic E-state index is -0.711. The number of aromatic nitrogens is 2. The average molecular weight is 378 g/mol. The third kappa shape index (κ3) is 3.59. The highest BCUT2D eigenvalue weighted by Crippen LogP contribution is 2.36. The molecule has 0 atom stereocenters. The fourth-order valence-corrected chi connectivity index (χ4v) is 4.41. The monoisotopic (exact) mass is 377 g/mol. The molecular weight excluding hydrogens is 346 g/mol. The Bertz CT molecular complexity index is 975. The maximum absolute atomic E-state index is 11.2. The van der Waals surface area contributed by atoms with Crippen molar-refractivity contribution in [2.75, 3.05) is 13.1 Å². The molecule has 1 aliphatic heterocycles. The zero-order valence-corrected chi connectivity index (χ0v) is 17.4. The highest BCUT2D eigenvalue weighted by Gasteiger charge is 2.34. The van der Waals surface area contributed by atoms with Gasteiger partial charge >= 0.3 is 0 Å². The molecule has 4 heteroatoms. The van der Waals surface area contributed by atoms with Gasteiger partial charge in [0.05, 0.1) is 5.60 Å². The van der Waals surface area contributed by atoms with Gasteiger partial charge in [0, 0.05) is 42.3 Å². The number of aryl methyl sites for hydroxylation is 1. The third-order valence-electron chi connectivity index (χ3n) is 6.05. The van der Waals surface area contributed by atoms with Gasteiger partial charge in [0.25, 0.3) is 0 Å². The number of nitrogens with one attached hydrogen (secondary N) is 1. The number of piperidine rings is 1. The Morgan fingerprint density at radius 3 is 2.57 bits per heavy atom. The molecule has 148 valence electrons. The summed E-state index contributed by atoms with van der Waals surface area (Å²) in [5, 5.41) is 12.4. The molecule has 3 aromatic rings. The lowest BCUT2D eigenvalue weighted by Crippen LogP contribution is -2.42. The van der Waals surface area contributed by atoms with Gasteiger partial charge in [-0.2, -0.15) is 0 Å². The number of hydrogen-bond acceptors (Lipinski definition) is 3. The summed E-state index contributed by atoms with van der Waals surface area (Å²) in [7, 11) is 0. The van der Waals surface area contributed by atoms with Gasteiger partial charge in [-0.05, 0) is 43.0 Å². The van der Waals surface area contributed by atoms with Crippen molar-refractivity contribution in [3.8, 4) is 0 Å². The largest absolute Gasteiger partial charge is 0.385 e. The lowest BCUT2D eigenvalue weighted by Gasteiger charge is -2.39. The van der Waals surface area contributed by atoms with Gasteiger partial charge in [-0.1, -0.05) is 50.6 Å². The van der Waals surface area contributed by atoms with E-state index in [9.17, 15) is 5.11 Å². The summed E-state index contributed by atoms with van der Waals surface area (Å²) in [6.07, 6.45) is 3.38. The van der Waals surface area contributed by atoms with E-state index in [1.54, 1.807) is 0 Å². The maximum atomic E-state index is 11.2. The smallest absolute Gasteiger partial charge is 0.137 e. The third-order valence-corrected chi connectivity index (χ3v) is 6.05. The van der Waals surface area contributed by atoms with Crippen LogP contribution in [0.2, 0.25) is 0 Å². The van der Waals surface area contributed by atoms with E-state index in [1.807, 2.05) is 18.3 Å². The molecule has 0 bridgehead atoms. The normalized spacial score (nSPS) is 17.9. The van der Waals surface area contributed by atoms with Crippen LogP contribution in [0, 0.1) is 6.92 Å². The van der Waals surface area contributed by atoms with Crippen molar-refractivity contribution in [3.63, 3.8) is 0 Å². The molecule has 0 radical (unpaired) electrons. The van der Waals surface area contributed by atoms with Crippen molar-refractivity contribution in [2.45, 2.75) is 58.1 Å². The molecule has 4 rings (SSSR count). The lowest BCUT2D eigenvalue weighted by atomic mass is 9.83. The Kier molecular flexibility index (Phi) is 4.80. The first-order chi connectivity index (χ1) is 13.3. The quantitative estimate of drug-likeness (QED) is 0.698. The van der Waals surface area contributed by atoms with Gasteiger partial charge in [-0.15, -0.1) is 0 Å². The number of benzene rings is 1. The van der Waals surface area contributed by atoms with Crippen molar-refractivity contribution in [1.82, 2.24) is 14.9 Å². The van der Waals surface area contributed by atoms with E-state index < -0.39 is 5.60 Å². The topological polar surface area (TPSA) is 52.1 Å². The molecule has 2 aromatic heterocycles. The fraction of sp³-hybridized carbons (Fsp3) is 0.458. The molecule has 2 N–H and O–H groups in total. The SMILES string of the molecule is Cc1cccc(C2(O)CCN(Cc3c(C(C)(C)C)[nH]c4ncccc34)CC2)c1. The van der Waals surface area contributed by atoms with Crippen LogP contribution in [0.25, 0.3) is 11.0 Å². The molecule has 1 aliphatic rings. The van der Waals surface area contributed by atoms with E-state index in [-0.39, 0.29) is 5.41 Å². The molecule has 0 saturated carbocycles. The van der Waals surface area contributed by atoms with Crippen molar-refractivity contribution in [3.05, 3.63) is 65.0 Å². The summed E-state index contributed by atoms with van der Waals surface area (Å²) in [4.78, 5) is 10.5. The molecule has 28 heavy (non-hydrogen) atoms. The number of pyridine rings is 1. The van der Waals surface area contributed by atoms with E-state index in [0.29, 0.717) is 0 Å². The molecule has 3 heterocycles. The number of likely N-dealkylation sites (tertiary alicyclic amines) is 1. The van der Waals surface area contributed by atoms with Crippen LogP contribution in [0.3, 0.4) is 0 Å². The van der Waals surface area contributed by atoms with E-state index in [1.165, 1.54) is 22.2 Å². The summed E-state index contributed by atoms with van der Waals surface area (Å²) < 4.78 is 0. The predicted molar refractivity (Wildman–Crippen MR) is 114 cm³/mol. The van der Waals surface area contributed by atoms with Crippen LogP contribution in [-0.4, -0.2) is 33.1 Å². The number of aliphatic hydroxyl groups is 1. The first-order valence-electron chi connectivity index (χ1n) is 10.2. The molecule has 1 fully saturated rings. The Morgan fingerprint density at radius 2 is 1.89 bits per heavy atom. The molecule has 0 aliphatic carbocycles. The van der Waals surface area contributed by atoms with Gasteiger partial charge in [-0.25, -0.2) is 4.98 Å². The lowest BCUT2D eigenvalue weighted by molar-refractivity contribution is -0.0277. The van der Waals surface area contributed by atoms with Crippen LogP contribution < -0.4 is 0 Å². The van der Waals surface area contributed by atoms with Crippen LogP contribution >= 0.6 is 0 Å². The highest BCUT2D eigenvalue weighted by molar-refractivity contribution is 5.81. The first kappa shape index (κ1) is 19.2. The van der Waals surface area contributed by atoms with Gasteiger partial charge < -0.3 is 10.1 Å². The summed E-state index contributed by atoms with van der Waals surface area (Å²) in [6, 6.07) is 12.5. The van der Waals surface area contributed by atoms with Crippen LogP contribution in [0.4, 0.5) is 0 Å². The summed E-state index contributed by atoms with van der Waals surface area (Å²) in [6.45, 7) is 11.5. The molecule has 0 unspecified atom stereocenters. The number of H-pyrrole nitrogens is 1. The van der Waals surface area contributed by atoms with E-state index in [4.69, 9.17) is 0 Å². The van der Waals surface area contributed by atoms with Crippen LogP contribution in [0.15, 0.2) is 42.6 Å². The van der Waals surface area contributed by atoms with Gasteiger partial charge in [0.1, 0.15) is 5.65 Å². The number of rotatable bonds is 3. The molecule has 0 amide bonds. The van der Waals surface area contributed by atoms with Crippen molar-refractivity contribution >= 4 is 11.0 Å². The van der Waals surface area contributed by atoms with Gasteiger partial charge in [-0.3, -0.25) is 4.90 Å². The molecule has 0 spiro atoms. The highest BCUT2D eigenvalue weighted by atomic mass is 16.3. The maximum Gasteiger partial charge on any atom is 0.137 e. The zero-order chi connectivity index (χ0) is 19.9. The molecule has 1 saturated heterocycles. The van der Waals surface area contributed by atoms with Crippen LogP contribution in [-0.2, 0) is 17.6 Å². The average Bonchev–Trinajstić information content (AvgIpc) is 3.03. The van der Waals surface area contributed by atoms with Crippen molar-refractivity contribution in [1.29, 1.82) is 0 Å². The van der Waals surface area contributed by atoms with Crippen LogP contribution in [0.5, 0.6) is 0 Å². The van der Waals surface area contributed by atoms with E-state index >= 15 is 0 Å². The summed E-state index contributed by atoms with van der Waals surface area (Å²) in [5.41, 5.74) is 5.16. The zero-order valence-electron chi connectivity index (χ0n) is 17.4. The standard InChI is InChI=1S/C24H31N3O/c1-17-7-5-8-18(15-17)24(28)10-13-27(14-11-24)16-20-19-9-6-12-25-22(19)26-21(20)23(2,3)4/h5-9,12,15,28H,10-11,13-14,16H2,1-4H3,(H,25,26). The van der Waals surface area contributed by atoms with Crippen LogP contribution in [0.1, 0.15) is 56.0 Å². The fourth-order valence-electron chi connectivity index (χ4n) is 4.41. The first-order valence-corrected chi connectivity index (χ1v) is 10.2. The second-order valence-electron chi connectivity index (χ2n) is 9.31. The summed E-state index contributed by atoms with van der Waals surface area (Å²) >= 11 is 0. The molecule has 4 nitrogen and oxygen atoms in total. The van der Waals surface area contributed by atoms with E-state index in [2.05, 4.69) is 66.8 Å². The minimum absolute atomic E-state index is 0.0358. The second-order valence-corrected chi connectivity index (χ2v) is 9.31. The van der Waals surface area contributed by atoms with E-state index in [0.717, 1.165) is 43.7 Å². The van der Waals surface area contributed by atoms with Crippen molar-refractivity contribution < 1.29 is 5.11 Å². The van der Waals surface area contributed by atoms with Gasteiger partial charge in [0.2, 0.25) is 0 Å². The van der Waals surface area contributed by atoms with Crippen molar-refractivity contribution in [2.24, 2.45) is 0 Å². The van der Waals surface area contributed by atoms with Gasteiger partial charge in [0.15, 0.2) is 0 Å². The Labute approximate surface area is 167 Å². The minimum Gasteiger partial charge on any atom is -0.385 e. The Morgan fingerprint density at radius 1 is 1.14 bits per heavy atom. The second kappa shape index (κ2) is 7.02. The number of fused-ring (bicyclic) bond motifs is 1. The number of hydrogen-bond donors (Lipinski definition) is 2. The Hall–Kier alpha value is -2.17. The molecular formula is C24H31N3O.